The molecule has 1 aromatic carbocycles. The number of anilines is 1. The number of hydrogen-bond donors (Lipinski definition) is 3. The minimum atomic E-state index is -3.71. The molecule has 0 fully saturated rings. The van der Waals surface area contributed by atoms with E-state index in [1.165, 1.54) is 19.2 Å². The Morgan fingerprint density at radius 3 is 2.54 bits per heavy atom. The lowest BCUT2D eigenvalue weighted by Gasteiger charge is -2.10. The number of halogens is 1. The monoisotopic (exact) mass is 373 g/mol. The van der Waals surface area contributed by atoms with Gasteiger partial charge in [-0.05, 0) is 37.4 Å². The number of furan rings is 1. The van der Waals surface area contributed by atoms with Gasteiger partial charge < -0.3 is 15.1 Å². The summed E-state index contributed by atoms with van der Waals surface area (Å²) < 4.78 is 30.5. The first-order valence-electron chi connectivity index (χ1n) is 7.11. The van der Waals surface area contributed by atoms with Crippen LogP contribution in [0.25, 0.3) is 0 Å². The van der Waals surface area contributed by atoms with Crippen LogP contribution in [-0.2, 0) is 16.6 Å². The van der Waals surface area contributed by atoms with Crippen LogP contribution < -0.4 is 15.4 Å². The standard InChI is InChI=1S/C15H19N3O4S.ClH/c1-3-17-10-11-6-4-5-7-12(11)18-15(19)13-8-9-14(22-13)23(20,21)16-2;/h4-9,16-17H,3,10H2,1-2H3,(H,18,19);1H. The van der Waals surface area contributed by atoms with Gasteiger partial charge in [0.2, 0.25) is 5.09 Å². The van der Waals surface area contributed by atoms with E-state index < -0.39 is 15.9 Å². The summed E-state index contributed by atoms with van der Waals surface area (Å²) in [5.41, 5.74) is 1.57. The summed E-state index contributed by atoms with van der Waals surface area (Å²) in [7, 11) is -2.44. The molecule has 24 heavy (non-hydrogen) atoms. The smallest absolute Gasteiger partial charge is 0.291 e. The zero-order valence-corrected chi connectivity index (χ0v) is 15.0. The van der Waals surface area contributed by atoms with Crippen LogP contribution in [0, 0.1) is 0 Å². The number of para-hydroxylation sites is 1. The molecule has 0 saturated carbocycles. The summed E-state index contributed by atoms with van der Waals surface area (Å²) in [6.45, 7) is 3.42. The second kappa shape index (κ2) is 8.84. The molecule has 132 valence electrons. The van der Waals surface area contributed by atoms with Crippen LogP contribution in [0.15, 0.2) is 45.9 Å². The number of carbonyl (C=O) groups is 1. The van der Waals surface area contributed by atoms with Gasteiger partial charge in [0.25, 0.3) is 15.9 Å². The molecule has 2 rings (SSSR count). The van der Waals surface area contributed by atoms with Crippen molar-refractivity contribution in [2.45, 2.75) is 18.6 Å². The van der Waals surface area contributed by atoms with Crippen LogP contribution >= 0.6 is 12.4 Å². The fraction of sp³-hybridized carbons (Fsp3) is 0.267. The summed E-state index contributed by atoms with van der Waals surface area (Å²) in [6.07, 6.45) is 0. The molecule has 1 heterocycles. The SMILES string of the molecule is CCNCc1ccccc1NC(=O)c1ccc(S(=O)(=O)NC)o1.Cl. The summed E-state index contributed by atoms with van der Waals surface area (Å²) in [5.74, 6) is -0.580. The Bertz CT molecular complexity index is 790. The molecule has 0 atom stereocenters. The summed E-state index contributed by atoms with van der Waals surface area (Å²) in [6, 6.07) is 9.94. The molecule has 1 aromatic heterocycles. The first kappa shape index (κ1) is 20.2. The lowest BCUT2D eigenvalue weighted by molar-refractivity contribution is 0.0991. The Morgan fingerprint density at radius 2 is 1.88 bits per heavy atom. The lowest BCUT2D eigenvalue weighted by Crippen LogP contribution is -2.18. The van der Waals surface area contributed by atoms with Crippen molar-refractivity contribution in [1.29, 1.82) is 0 Å². The number of amides is 1. The molecule has 0 aliphatic rings. The molecule has 0 aliphatic heterocycles. The largest absolute Gasteiger partial charge is 0.438 e. The highest BCUT2D eigenvalue weighted by Crippen LogP contribution is 2.18. The molecule has 0 radical (unpaired) electrons. The third-order valence-electron chi connectivity index (χ3n) is 3.17. The molecule has 0 spiro atoms. The normalized spacial score (nSPS) is 10.9. The molecule has 9 heteroatoms. The van der Waals surface area contributed by atoms with Gasteiger partial charge in [0, 0.05) is 12.2 Å². The van der Waals surface area contributed by atoms with Gasteiger partial charge in [-0.25, -0.2) is 13.1 Å². The van der Waals surface area contributed by atoms with E-state index in [1.807, 2.05) is 25.1 Å². The molecule has 0 bridgehead atoms. The Morgan fingerprint density at radius 1 is 1.17 bits per heavy atom. The maximum atomic E-state index is 12.2. The van der Waals surface area contributed by atoms with Crippen molar-refractivity contribution < 1.29 is 17.6 Å². The van der Waals surface area contributed by atoms with Gasteiger partial charge in [-0.1, -0.05) is 25.1 Å². The maximum absolute atomic E-state index is 12.2. The third-order valence-corrected chi connectivity index (χ3v) is 4.46. The Hall–Kier alpha value is -1.87. The first-order chi connectivity index (χ1) is 11.0. The van der Waals surface area contributed by atoms with E-state index in [1.54, 1.807) is 6.07 Å². The summed E-state index contributed by atoms with van der Waals surface area (Å²) in [4.78, 5) is 12.2. The van der Waals surface area contributed by atoms with E-state index in [-0.39, 0.29) is 23.3 Å². The van der Waals surface area contributed by atoms with Gasteiger partial charge in [0.15, 0.2) is 5.76 Å². The van der Waals surface area contributed by atoms with Gasteiger partial charge in [0.05, 0.1) is 0 Å². The number of carbonyl (C=O) groups excluding carboxylic acids is 1. The molecule has 7 nitrogen and oxygen atoms in total. The van der Waals surface area contributed by atoms with E-state index in [9.17, 15) is 13.2 Å². The number of benzene rings is 1. The van der Waals surface area contributed by atoms with Gasteiger partial charge >= 0.3 is 0 Å². The van der Waals surface area contributed by atoms with Gasteiger partial charge in [0.1, 0.15) is 0 Å². The molecule has 1 amide bonds. The van der Waals surface area contributed by atoms with Crippen LogP contribution in [0.1, 0.15) is 23.0 Å². The predicted octanol–water partition coefficient (Wildman–Crippen LogP) is 1.97. The van der Waals surface area contributed by atoms with Crippen LogP contribution in [0.5, 0.6) is 0 Å². The highest BCUT2D eigenvalue weighted by molar-refractivity contribution is 7.89. The number of nitrogens with one attached hydrogen (secondary N) is 3. The summed E-state index contributed by atoms with van der Waals surface area (Å²) >= 11 is 0. The third kappa shape index (κ3) is 4.81. The molecule has 0 unspecified atom stereocenters. The van der Waals surface area contributed by atoms with Crippen LogP contribution in [0.2, 0.25) is 0 Å². The van der Waals surface area contributed by atoms with Crippen LogP contribution in [0.4, 0.5) is 5.69 Å². The minimum Gasteiger partial charge on any atom is -0.438 e. The molecule has 2 aromatic rings. The molecule has 0 aliphatic carbocycles. The van der Waals surface area contributed by atoms with Crippen molar-refractivity contribution in [1.82, 2.24) is 10.0 Å². The van der Waals surface area contributed by atoms with Crippen molar-refractivity contribution >= 4 is 34.0 Å². The Balaban J connectivity index is 0.00000288. The number of hydrogen-bond acceptors (Lipinski definition) is 5. The average molecular weight is 374 g/mol. The van der Waals surface area contributed by atoms with Crippen molar-refractivity contribution in [3.05, 3.63) is 47.7 Å². The van der Waals surface area contributed by atoms with E-state index >= 15 is 0 Å². The summed E-state index contributed by atoms with van der Waals surface area (Å²) in [5, 5.41) is 5.62. The first-order valence-corrected chi connectivity index (χ1v) is 8.59. The lowest BCUT2D eigenvalue weighted by atomic mass is 10.1. The number of rotatable bonds is 7. The zero-order chi connectivity index (χ0) is 16.9. The highest BCUT2D eigenvalue weighted by atomic mass is 35.5. The van der Waals surface area contributed by atoms with E-state index in [0.29, 0.717) is 12.2 Å². The molecule has 3 N–H and O–H groups in total. The second-order valence-electron chi connectivity index (χ2n) is 4.72. The van der Waals surface area contributed by atoms with E-state index in [2.05, 4.69) is 15.4 Å². The van der Waals surface area contributed by atoms with E-state index in [0.717, 1.165) is 12.1 Å². The molecular formula is C15H20ClN3O4S. The highest BCUT2D eigenvalue weighted by Gasteiger charge is 2.20. The van der Waals surface area contributed by atoms with Crippen molar-refractivity contribution in [2.24, 2.45) is 0 Å². The van der Waals surface area contributed by atoms with Gasteiger partial charge in [-0.2, -0.15) is 0 Å². The zero-order valence-electron chi connectivity index (χ0n) is 13.3. The minimum absolute atomic E-state index is 0. The van der Waals surface area contributed by atoms with Gasteiger partial charge in [-0.3, -0.25) is 4.79 Å². The topological polar surface area (TPSA) is 100 Å². The molecule has 0 saturated heterocycles. The Kier molecular flexibility index (Phi) is 7.43. The Labute approximate surface area is 147 Å². The second-order valence-corrected chi connectivity index (χ2v) is 6.54. The fourth-order valence-electron chi connectivity index (χ4n) is 1.93. The molecular weight excluding hydrogens is 354 g/mol. The maximum Gasteiger partial charge on any atom is 0.291 e. The van der Waals surface area contributed by atoms with Crippen LogP contribution in [0.3, 0.4) is 0 Å². The van der Waals surface area contributed by atoms with E-state index in [4.69, 9.17) is 4.42 Å². The fourth-order valence-corrected chi connectivity index (χ4v) is 2.58. The number of sulfonamides is 1. The van der Waals surface area contributed by atoms with Crippen molar-refractivity contribution in [2.75, 3.05) is 18.9 Å². The quantitative estimate of drug-likeness (QED) is 0.689. The van der Waals surface area contributed by atoms with Crippen LogP contribution in [-0.4, -0.2) is 27.9 Å². The van der Waals surface area contributed by atoms with Crippen molar-refractivity contribution in [3.8, 4) is 0 Å². The van der Waals surface area contributed by atoms with Gasteiger partial charge in [-0.15, -0.1) is 12.4 Å². The predicted molar refractivity (Wildman–Crippen MR) is 94.0 cm³/mol. The van der Waals surface area contributed by atoms with Crippen molar-refractivity contribution in [3.63, 3.8) is 0 Å². The average Bonchev–Trinajstić information content (AvgIpc) is 3.05.